The topological polar surface area (TPSA) is 72.8 Å². The van der Waals surface area contributed by atoms with Crippen molar-refractivity contribution in [1.29, 1.82) is 0 Å². The maximum absolute atomic E-state index is 11.3. The van der Waals surface area contributed by atoms with Crippen molar-refractivity contribution in [1.82, 2.24) is 5.43 Å². The Morgan fingerprint density at radius 3 is 2.47 bits per heavy atom. The zero-order valence-electron chi connectivity index (χ0n) is 8.42. The molecule has 0 fully saturated rings. The second kappa shape index (κ2) is 5.45. The summed E-state index contributed by atoms with van der Waals surface area (Å²) in [5.41, 5.74) is 3.28. The molecule has 0 saturated heterocycles. The van der Waals surface area contributed by atoms with E-state index < -0.39 is 6.29 Å². The molecule has 3 N–H and O–H groups in total. The maximum Gasteiger partial charge on any atom is 0.238 e. The number of carbonyl (C=O) groups is 1. The lowest BCUT2D eigenvalue weighted by atomic mass is 10.3. The minimum absolute atomic E-state index is 0.103. The van der Waals surface area contributed by atoms with Gasteiger partial charge in [-0.05, 0) is 12.1 Å². The molecule has 0 saturated carbocycles. The second-order valence-electron chi connectivity index (χ2n) is 3.03. The van der Waals surface area contributed by atoms with Crippen molar-refractivity contribution in [2.75, 3.05) is 11.6 Å². The predicted molar refractivity (Wildman–Crippen MR) is 55.8 cm³/mol. The highest BCUT2D eigenvalue weighted by Gasteiger charge is 2.11. The molecular weight excluding hydrogens is 196 g/mol. The Morgan fingerprint density at radius 2 is 2.00 bits per heavy atom. The van der Waals surface area contributed by atoms with Gasteiger partial charge in [-0.3, -0.25) is 4.79 Å². The summed E-state index contributed by atoms with van der Waals surface area (Å²) in [4.78, 5) is 11.3. The SMILES string of the molecule is CC(=O)N(NCC(O)O)c1ccccc1. The van der Waals surface area contributed by atoms with E-state index in [0.29, 0.717) is 5.69 Å². The van der Waals surface area contributed by atoms with Crippen LogP contribution in [0.25, 0.3) is 0 Å². The minimum atomic E-state index is -1.49. The molecule has 0 radical (unpaired) electrons. The number of benzene rings is 1. The molecule has 0 bridgehead atoms. The van der Waals surface area contributed by atoms with Crippen LogP contribution in [-0.4, -0.2) is 29.0 Å². The van der Waals surface area contributed by atoms with Crippen LogP contribution in [0.3, 0.4) is 0 Å². The highest BCUT2D eigenvalue weighted by Crippen LogP contribution is 2.10. The van der Waals surface area contributed by atoms with E-state index in [1.54, 1.807) is 24.3 Å². The number of carbonyl (C=O) groups excluding carboxylic acids is 1. The van der Waals surface area contributed by atoms with Gasteiger partial charge in [-0.25, -0.2) is 10.4 Å². The van der Waals surface area contributed by atoms with Crippen LogP contribution in [0, 0.1) is 0 Å². The molecule has 5 nitrogen and oxygen atoms in total. The first-order valence-electron chi connectivity index (χ1n) is 4.56. The van der Waals surface area contributed by atoms with Crippen LogP contribution >= 0.6 is 0 Å². The largest absolute Gasteiger partial charge is 0.367 e. The van der Waals surface area contributed by atoms with Gasteiger partial charge in [0.1, 0.15) is 0 Å². The zero-order chi connectivity index (χ0) is 11.3. The van der Waals surface area contributed by atoms with Crippen LogP contribution in [0.15, 0.2) is 30.3 Å². The Morgan fingerprint density at radius 1 is 1.40 bits per heavy atom. The Kier molecular flexibility index (Phi) is 4.23. The van der Waals surface area contributed by atoms with Crippen molar-refractivity contribution < 1.29 is 15.0 Å². The predicted octanol–water partition coefficient (Wildman–Crippen LogP) is -0.145. The van der Waals surface area contributed by atoms with Gasteiger partial charge in [-0.15, -0.1) is 0 Å². The van der Waals surface area contributed by atoms with Crippen molar-refractivity contribution in [3.8, 4) is 0 Å². The summed E-state index contributed by atoms with van der Waals surface area (Å²) >= 11 is 0. The monoisotopic (exact) mass is 210 g/mol. The second-order valence-corrected chi connectivity index (χ2v) is 3.03. The van der Waals surface area contributed by atoms with E-state index in [1.807, 2.05) is 6.07 Å². The number of anilines is 1. The van der Waals surface area contributed by atoms with Gasteiger partial charge in [-0.2, -0.15) is 0 Å². The van der Waals surface area contributed by atoms with Crippen LogP contribution in [0.2, 0.25) is 0 Å². The standard InChI is InChI=1S/C10H14N2O3/c1-8(13)12(11-7-10(14)15)9-5-3-2-4-6-9/h2-6,10-11,14-15H,7H2,1H3. The first-order chi connectivity index (χ1) is 7.11. The van der Waals surface area contributed by atoms with Crippen LogP contribution in [0.5, 0.6) is 0 Å². The number of nitrogens with zero attached hydrogens (tertiary/aromatic N) is 1. The number of aliphatic hydroxyl groups is 2. The number of amides is 1. The highest BCUT2D eigenvalue weighted by molar-refractivity contribution is 5.90. The summed E-state index contributed by atoms with van der Waals surface area (Å²) in [6.07, 6.45) is -1.49. The third kappa shape index (κ3) is 3.67. The van der Waals surface area contributed by atoms with Crippen LogP contribution in [0.1, 0.15) is 6.92 Å². The summed E-state index contributed by atoms with van der Waals surface area (Å²) in [6.45, 7) is 1.29. The van der Waals surface area contributed by atoms with Gasteiger partial charge in [0, 0.05) is 6.92 Å². The number of hydrogen-bond donors (Lipinski definition) is 3. The van der Waals surface area contributed by atoms with Crippen LogP contribution in [0.4, 0.5) is 5.69 Å². The number of rotatable bonds is 4. The van der Waals surface area contributed by atoms with Crippen molar-refractivity contribution in [2.45, 2.75) is 13.2 Å². The molecule has 15 heavy (non-hydrogen) atoms. The Bertz CT molecular complexity index is 314. The maximum atomic E-state index is 11.3. The smallest absolute Gasteiger partial charge is 0.238 e. The van der Waals surface area contributed by atoms with Crippen molar-refractivity contribution in [2.24, 2.45) is 0 Å². The van der Waals surface area contributed by atoms with Gasteiger partial charge in [0.05, 0.1) is 12.2 Å². The summed E-state index contributed by atoms with van der Waals surface area (Å²) in [7, 11) is 0. The molecular formula is C10H14N2O3. The highest BCUT2D eigenvalue weighted by atomic mass is 16.5. The lowest BCUT2D eigenvalue weighted by molar-refractivity contribution is -0.117. The van der Waals surface area contributed by atoms with E-state index in [9.17, 15) is 4.79 Å². The Hall–Kier alpha value is -1.43. The van der Waals surface area contributed by atoms with Gasteiger partial charge in [0.15, 0.2) is 6.29 Å². The molecule has 0 aliphatic heterocycles. The van der Waals surface area contributed by atoms with E-state index in [1.165, 1.54) is 11.9 Å². The van der Waals surface area contributed by atoms with E-state index in [0.717, 1.165) is 0 Å². The number of aliphatic hydroxyl groups excluding tert-OH is 1. The number of para-hydroxylation sites is 1. The molecule has 0 heterocycles. The third-order valence-corrected chi connectivity index (χ3v) is 1.76. The van der Waals surface area contributed by atoms with Crippen molar-refractivity contribution >= 4 is 11.6 Å². The van der Waals surface area contributed by atoms with Gasteiger partial charge in [0.25, 0.3) is 0 Å². The number of hydrogen-bond acceptors (Lipinski definition) is 4. The van der Waals surface area contributed by atoms with Crippen molar-refractivity contribution in [3.05, 3.63) is 30.3 Å². The zero-order valence-corrected chi connectivity index (χ0v) is 8.42. The fourth-order valence-electron chi connectivity index (χ4n) is 1.13. The summed E-state index contributed by atoms with van der Waals surface area (Å²) in [5.74, 6) is -0.221. The fourth-order valence-corrected chi connectivity index (χ4v) is 1.13. The number of hydrazine groups is 1. The fraction of sp³-hybridized carbons (Fsp3) is 0.300. The number of nitrogens with one attached hydrogen (secondary N) is 1. The molecule has 1 amide bonds. The minimum Gasteiger partial charge on any atom is -0.367 e. The summed E-state index contributed by atoms with van der Waals surface area (Å²) in [5, 5.41) is 18.6. The van der Waals surface area contributed by atoms with Crippen LogP contribution < -0.4 is 10.4 Å². The first-order valence-corrected chi connectivity index (χ1v) is 4.56. The molecule has 0 aliphatic carbocycles. The van der Waals surface area contributed by atoms with Crippen LogP contribution in [-0.2, 0) is 4.79 Å². The molecule has 1 rings (SSSR count). The molecule has 82 valence electrons. The average molecular weight is 210 g/mol. The first kappa shape index (κ1) is 11.6. The van der Waals surface area contributed by atoms with Gasteiger partial charge >= 0.3 is 0 Å². The normalized spacial score (nSPS) is 10.4. The molecule has 1 aromatic carbocycles. The molecule has 1 aromatic rings. The third-order valence-electron chi connectivity index (χ3n) is 1.76. The summed E-state index contributed by atoms with van der Waals surface area (Å²) in [6, 6.07) is 8.92. The van der Waals surface area contributed by atoms with E-state index in [2.05, 4.69) is 5.43 Å². The van der Waals surface area contributed by atoms with E-state index in [4.69, 9.17) is 10.2 Å². The molecule has 0 spiro atoms. The van der Waals surface area contributed by atoms with E-state index >= 15 is 0 Å². The van der Waals surface area contributed by atoms with Gasteiger partial charge < -0.3 is 10.2 Å². The van der Waals surface area contributed by atoms with Gasteiger partial charge in [-0.1, -0.05) is 18.2 Å². The molecule has 0 aliphatic rings. The lowest BCUT2D eigenvalue weighted by Crippen LogP contribution is -2.45. The van der Waals surface area contributed by atoms with Crippen molar-refractivity contribution in [3.63, 3.8) is 0 Å². The van der Waals surface area contributed by atoms with E-state index in [-0.39, 0.29) is 12.5 Å². The average Bonchev–Trinajstić information content (AvgIpc) is 2.18. The molecule has 5 heteroatoms. The Labute approximate surface area is 87.9 Å². The quantitative estimate of drug-likeness (QED) is 0.477. The molecule has 0 unspecified atom stereocenters. The molecule has 0 aromatic heterocycles. The lowest BCUT2D eigenvalue weighted by Gasteiger charge is -2.22. The Balaban J connectivity index is 2.71. The van der Waals surface area contributed by atoms with Gasteiger partial charge in [0.2, 0.25) is 5.91 Å². The molecule has 0 atom stereocenters. The summed E-state index contributed by atoms with van der Waals surface area (Å²) < 4.78 is 0.